The first kappa shape index (κ1) is 10.4. The van der Waals surface area contributed by atoms with Crippen molar-refractivity contribution in [2.24, 2.45) is 0 Å². The predicted octanol–water partition coefficient (Wildman–Crippen LogP) is 1.71. The number of nitrogens with one attached hydrogen (secondary N) is 2. The Morgan fingerprint density at radius 2 is 2.44 bits per heavy atom. The Labute approximate surface area is 93.4 Å². The van der Waals surface area contributed by atoms with Crippen molar-refractivity contribution >= 4 is 22.9 Å². The van der Waals surface area contributed by atoms with Gasteiger partial charge in [0.05, 0.1) is 11.7 Å². The summed E-state index contributed by atoms with van der Waals surface area (Å²) in [6.07, 6.45) is 5.69. The van der Waals surface area contributed by atoms with Gasteiger partial charge < -0.3 is 5.32 Å². The second-order valence-electron chi connectivity index (χ2n) is 3.56. The summed E-state index contributed by atoms with van der Waals surface area (Å²) < 4.78 is 0. The average molecular weight is 215 g/mol. The monoisotopic (exact) mass is 215 g/mol. The van der Waals surface area contributed by atoms with Crippen molar-refractivity contribution in [2.75, 3.05) is 6.54 Å². The molecule has 0 spiro atoms. The lowest BCUT2D eigenvalue weighted by atomic mass is 10.1. The molecule has 4 nitrogen and oxygen atoms in total. The molecule has 0 radical (unpaired) electrons. The van der Waals surface area contributed by atoms with Gasteiger partial charge in [-0.1, -0.05) is 18.2 Å². The number of hydrogen-bond acceptors (Lipinski definition) is 2. The lowest BCUT2D eigenvalue weighted by Crippen LogP contribution is -2.19. The van der Waals surface area contributed by atoms with Crippen molar-refractivity contribution in [3.63, 3.8) is 0 Å². The topological polar surface area (TPSA) is 57.8 Å². The summed E-state index contributed by atoms with van der Waals surface area (Å²) in [6.45, 7) is 2.06. The van der Waals surface area contributed by atoms with Gasteiger partial charge in [-0.2, -0.15) is 5.10 Å². The van der Waals surface area contributed by atoms with Crippen LogP contribution in [0.5, 0.6) is 0 Å². The Balaban J connectivity index is 2.06. The molecule has 2 N–H and O–H groups in total. The van der Waals surface area contributed by atoms with Crippen molar-refractivity contribution in [1.29, 1.82) is 0 Å². The Hall–Kier alpha value is -2.10. The van der Waals surface area contributed by atoms with Crippen LogP contribution in [0.2, 0.25) is 0 Å². The highest BCUT2D eigenvalue weighted by molar-refractivity contribution is 5.80. The van der Waals surface area contributed by atoms with E-state index >= 15 is 0 Å². The molecule has 1 heterocycles. The molecule has 2 rings (SSSR count). The number of carbonyl (C=O) groups excluding carboxylic acids is 1. The number of rotatable bonds is 3. The molecule has 0 saturated carbocycles. The molecule has 1 aromatic carbocycles. The fourth-order valence-electron chi connectivity index (χ4n) is 1.46. The molecule has 0 unspecified atom stereocenters. The van der Waals surface area contributed by atoms with E-state index in [2.05, 4.69) is 15.5 Å². The molecular formula is C12H13N3O. The highest BCUT2D eigenvalue weighted by Gasteiger charge is 1.94. The molecule has 0 bridgehead atoms. The van der Waals surface area contributed by atoms with Crippen LogP contribution in [0.1, 0.15) is 12.5 Å². The van der Waals surface area contributed by atoms with Crippen LogP contribution >= 0.6 is 0 Å². The minimum absolute atomic E-state index is 0.0186. The largest absolute Gasteiger partial charge is 0.353 e. The normalized spacial score (nSPS) is 11.1. The maximum atomic E-state index is 10.6. The summed E-state index contributed by atoms with van der Waals surface area (Å²) in [5.41, 5.74) is 2.12. The maximum Gasteiger partial charge on any atom is 0.217 e. The van der Waals surface area contributed by atoms with E-state index in [0.29, 0.717) is 6.54 Å². The molecule has 1 aromatic heterocycles. The first-order valence-corrected chi connectivity index (χ1v) is 5.10. The van der Waals surface area contributed by atoms with Crippen LogP contribution in [-0.4, -0.2) is 22.6 Å². The minimum atomic E-state index is -0.0186. The summed E-state index contributed by atoms with van der Waals surface area (Å²) in [4.78, 5) is 10.6. The van der Waals surface area contributed by atoms with E-state index in [9.17, 15) is 4.79 Å². The number of amides is 1. The van der Waals surface area contributed by atoms with Gasteiger partial charge in [-0.3, -0.25) is 9.89 Å². The van der Waals surface area contributed by atoms with Crippen LogP contribution in [-0.2, 0) is 4.79 Å². The SMILES string of the molecule is CC(=O)NCC=Cc1ccc2[nH]ncc2c1. The Kier molecular flexibility index (Phi) is 3.00. The lowest BCUT2D eigenvalue weighted by Gasteiger charge is -1.96. The zero-order valence-corrected chi connectivity index (χ0v) is 9.03. The summed E-state index contributed by atoms with van der Waals surface area (Å²) in [7, 11) is 0. The summed E-state index contributed by atoms with van der Waals surface area (Å²) in [6, 6.07) is 6.04. The second-order valence-corrected chi connectivity index (χ2v) is 3.56. The van der Waals surface area contributed by atoms with E-state index in [1.807, 2.05) is 30.4 Å². The van der Waals surface area contributed by atoms with Crippen LogP contribution in [0, 0.1) is 0 Å². The zero-order chi connectivity index (χ0) is 11.4. The maximum absolute atomic E-state index is 10.6. The van der Waals surface area contributed by atoms with Crippen molar-refractivity contribution < 1.29 is 4.79 Å². The molecule has 0 saturated heterocycles. The molecule has 16 heavy (non-hydrogen) atoms. The van der Waals surface area contributed by atoms with E-state index < -0.39 is 0 Å². The Morgan fingerprint density at radius 1 is 1.56 bits per heavy atom. The third-order valence-corrected chi connectivity index (χ3v) is 2.24. The van der Waals surface area contributed by atoms with Crippen molar-refractivity contribution in [2.45, 2.75) is 6.92 Å². The van der Waals surface area contributed by atoms with E-state index in [-0.39, 0.29) is 5.91 Å². The number of benzene rings is 1. The Morgan fingerprint density at radius 3 is 3.25 bits per heavy atom. The van der Waals surface area contributed by atoms with Crippen LogP contribution in [0.4, 0.5) is 0 Å². The van der Waals surface area contributed by atoms with Gasteiger partial charge in [0.1, 0.15) is 0 Å². The third kappa shape index (κ3) is 2.48. The molecule has 82 valence electrons. The van der Waals surface area contributed by atoms with Gasteiger partial charge in [0, 0.05) is 18.9 Å². The van der Waals surface area contributed by atoms with Crippen molar-refractivity contribution in [3.05, 3.63) is 36.0 Å². The standard InChI is InChI=1S/C12H13N3O/c1-9(16)13-6-2-3-10-4-5-12-11(7-10)8-14-15-12/h2-5,7-8H,6H2,1H3,(H,13,16)(H,14,15). The summed E-state index contributed by atoms with van der Waals surface area (Å²) >= 11 is 0. The summed E-state index contributed by atoms with van der Waals surface area (Å²) in [5, 5.41) is 10.6. The number of nitrogens with zero attached hydrogens (tertiary/aromatic N) is 1. The number of H-pyrrole nitrogens is 1. The van der Waals surface area contributed by atoms with E-state index in [4.69, 9.17) is 0 Å². The summed E-state index contributed by atoms with van der Waals surface area (Å²) in [5.74, 6) is -0.0186. The zero-order valence-electron chi connectivity index (χ0n) is 9.03. The average Bonchev–Trinajstić information content (AvgIpc) is 2.71. The second kappa shape index (κ2) is 4.61. The number of hydrogen-bond donors (Lipinski definition) is 2. The van der Waals surface area contributed by atoms with Gasteiger partial charge in [-0.25, -0.2) is 0 Å². The fourth-order valence-corrected chi connectivity index (χ4v) is 1.46. The predicted molar refractivity (Wildman–Crippen MR) is 63.8 cm³/mol. The number of carbonyl (C=O) groups is 1. The first-order valence-electron chi connectivity index (χ1n) is 5.10. The fraction of sp³-hybridized carbons (Fsp3) is 0.167. The van der Waals surface area contributed by atoms with Gasteiger partial charge in [0.15, 0.2) is 0 Å². The van der Waals surface area contributed by atoms with E-state index in [1.165, 1.54) is 6.92 Å². The van der Waals surface area contributed by atoms with Gasteiger partial charge in [-0.05, 0) is 17.7 Å². The third-order valence-electron chi connectivity index (χ3n) is 2.24. The molecule has 0 aliphatic heterocycles. The van der Waals surface area contributed by atoms with Gasteiger partial charge >= 0.3 is 0 Å². The quantitative estimate of drug-likeness (QED) is 0.818. The van der Waals surface area contributed by atoms with E-state index in [1.54, 1.807) is 6.20 Å². The lowest BCUT2D eigenvalue weighted by molar-refractivity contribution is -0.118. The molecule has 0 fully saturated rings. The van der Waals surface area contributed by atoms with Crippen LogP contribution in [0.15, 0.2) is 30.5 Å². The molecule has 0 aliphatic rings. The number of fused-ring (bicyclic) bond motifs is 1. The molecule has 2 aromatic rings. The van der Waals surface area contributed by atoms with Crippen LogP contribution in [0.3, 0.4) is 0 Å². The van der Waals surface area contributed by atoms with Crippen molar-refractivity contribution in [1.82, 2.24) is 15.5 Å². The van der Waals surface area contributed by atoms with Gasteiger partial charge in [0.25, 0.3) is 0 Å². The molecule has 0 atom stereocenters. The van der Waals surface area contributed by atoms with E-state index in [0.717, 1.165) is 16.5 Å². The van der Waals surface area contributed by atoms with Crippen molar-refractivity contribution in [3.8, 4) is 0 Å². The molecule has 1 amide bonds. The highest BCUT2D eigenvalue weighted by atomic mass is 16.1. The molecular weight excluding hydrogens is 202 g/mol. The van der Waals surface area contributed by atoms with Gasteiger partial charge in [-0.15, -0.1) is 0 Å². The number of aromatic nitrogens is 2. The van der Waals surface area contributed by atoms with Crippen LogP contribution in [0.25, 0.3) is 17.0 Å². The smallest absolute Gasteiger partial charge is 0.217 e. The first-order chi connectivity index (χ1) is 7.75. The van der Waals surface area contributed by atoms with Crippen LogP contribution < -0.4 is 5.32 Å². The number of aromatic amines is 1. The Bertz CT molecular complexity index is 528. The molecule has 4 heteroatoms. The highest BCUT2D eigenvalue weighted by Crippen LogP contribution is 2.13. The molecule has 0 aliphatic carbocycles. The minimum Gasteiger partial charge on any atom is -0.353 e. The van der Waals surface area contributed by atoms with Gasteiger partial charge in [0.2, 0.25) is 5.91 Å².